The molecule has 0 spiro atoms. The minimum Gasteiger partial charge on any atom is -0.506 e. The number of pyridine rings is 1. The van der Waals surface area contributed by atoms with Crippen LogP contribution in [-0.4, -0.2) is 44.7 Å². The predicted molar refractivity (Wildman–Crippen MR) is 144 cm³/mol. The molecule has 1 aliphatic rings. The highest BCUT2D eigenvalue weighted by molar-refractivity contribution is 7.89. The summed E-state index contributed by atoms with van der Waals surface area (Å²) in [6.07, 6.45) is 5.27. The fourth-order valence-electron chi connectivity index (χ4n) is 4.49. The van der Waals surface area contributed by atoms with Gasteiger partial charge in [-0.1, -0.05) is 60.5 Å². The Hall–Kier alpha value is -2.32. The molecule has 3 N–H and O–H groups in total. The highest BCUT2D eigenvalue weighted by Crippen LogP contribution is 2.40. The number of nitrogens with one attached hydrogen (secondary N) is 2. The van der Waals surface area contributed by atoms with E-state index in [4.69, 9.17) is 0 Å². The molecule has 1 aromatic carbocycles. The fraction of sp³-hybridized carbons (Fsp3) is 0.593. The predicted octanol–water partition coefficient (Wildman–Crippen LogP) is 5.15. The van der Waals surface area contributed by atoms with Crippen molar-refractivity contribution in [1.29, 1.82) is 0 Å². The first-order valence-corrected chi connectivity index (χ1v) is 13.9. The normalized spacial score (nSPS) is 19.4. The molecule has 0 unspecified atom stereocenters. The Morgan fingerprint density at radius 3 is 2.17 bits per heavy atom. The molecular weight excluding hydrogens is 460 g/mol. The molecule has 3 rings (SSSR count). The lowest BCUT2D eigenvalue weighted by Crippen LogP contribution is -2.48. The lowest BCUT2D eigenvalue weighted by Gasteiger charge is -2.33. The van der Waals surface area contributed by atoms with E-state index in [-0.39, 0.29) is 28.1 Å². The van der Waals surface area contributed by atoms with Gasteiger partial charge < -0.3 is 15.3 Å². The summed E-state index contributed by atoms with van der Waals surface area (Å²) >= 11 is 0. The first kappa shape index (κ1) is 27.3. The number of aromatic nitrogens is 1. The van der Waals surface area contributed by atoms with Crippen LogP contribution in [0.3, 0.4) is 0 Å². The molecule has 1 aliphatic carbocycles. The fourth-order valence-corrected chi connectivity index (χ4v) is 5.95. The van der Waals surface area contributed by atoms with E-state index in [1.165, 1.54) is 0 Å². The Labute approximate surface area is 211 Å². The third-order valence-electron chi connectivity index (χ3n) is 6.70. The van der Waals surface area contributed by atoms with Crippen LogP contribution in [0.2, 0.25) is 0 Å². The zero-order valence-corrected chi connectivity index (χ0v) is 23.3. The Kier molecular flexibility index (Phi) is 7.77. The zero-order valence-electron chi connectivity index (χ0n) is 22.4. The smallest absolute Gasteiger partial charge is 0.244 e. The molecule has 1 saturated carbocycles. The largest absolute Gasteiger partial charge is 0.506 e. The van der Waals surface area contributed by atoms with Gasteiger partial charge in [0.2, 0.25) is 10.0 Å². The molecule has 0 bridgehead atoms. The van der Waals surface area contributed by atoms with Crippen molar-refractivity contribution in [2.75, 3.05) is 24.3 Å². The van der Waals surface area contributed by atoms with E-state index in [2.05, 4.69) is 15.0 Å². The second kappa shape index (κ2) is 9.97. The summed E-state index contributed by atoms with van der Waals surface area (Å²) in [5, 5.41) is 14.6. The van der Waals surface area contributed by atoms with Crippen LogP contribution in [0.5, 0.6) is 5.75 Å². The number of hydrogen-bond acceptors (Lipinski definition) is 6. The molecule has 194 valence electrons. The van der Waals surface area contributed by atoms with Crippen molar-refractivity contribution in [3.05, 3.63) is 41.6 Å². The lowest BCUT2D eigenvalue weighted by molar-refractivity contribution is 0.376. The topological polar surface area (TPSA) is 94.6 Å². The SMILES string of the molecule is CN(C)c1ccnc(N[C@@H]2CCCC[C@H]2NS(=O)(=O)c2cc(C(C)(C)C)cc(C(C)(C)C)c2O)c1. The number of phenolic OH excluding ortho intramolecular Hbond substituents is 1. The number of anilines is 2. The number of benzene rings is 1. The van der Waals surface area contributed by atoms with Gasteiger partial charge in [0, 0.05) is 49.7 Å². The van der Waals surface area contributed by atoms with Gasteiger partial charge in [0.25, 0.3) is 0 Å². The molecule has 7 nitrogen and oxygen atoms in total. The molecule has 0 radical (unpaired) electrons. The minimum atomic E-state index is -3.97. The summed E-state index contributed by atoms with van der Waals surface area (Å²) in [7, 11) is -0.0258. The van der Waals surface area contributed by atoms with Gasteiger partial charge >= 0.3 is 0 Å². The molecule has 0 saturated heterocycles. The maximum atomic E-state index is 13.7. The van der Waals surface area contributed by atoms with Gasteiger partial charge in [-0.15, -0.1) is 0 Å². The molecule has 8 heteroatoms. The molecule has 35 heavy (non-hydrogen) atoms. The summed E-state index contributed by atoms with van der Waals surface area (Å²) in [4.78, 5) is 6.40. The molecule has 2 aromatic rings. The van der Waals surface area contributed by atoms with E-state index in [0.29, 0.717) is 5.56 Å². The number of rotatable bonds is 6. The lowest BCUT2D eigenvalue weighted by atomic mass is 9.80. The third-order valence-corrected chi connectivity index (χ3v) is 8.21. The summed E-state index contributed by atoms with van der Waals surface area (Å²) < 4.78 is 30.3. The maximum Gasteiger partial charge on any atom is 0.244 e. The quantitative estimate of drug-likeness (QED) is 0.506. The van der Waals surface area contributed by atoms with Crippen molar-refractivity contribution in [1.82, 2.24) is 9.71 Å². The summed E-state index contributed by atoms with van der Waals surface area (Å²) in [5.41, 5.74) is 1.86. The molecule has 0 aliphatic heterocycles. The Bertz CT molecular complexity index is 1150. The van der Waals surface area contributed by atoms with E-state index < -0.39 is 15.4 Å². The van der Waals surface area contributed by atoms with Crippen LogP contribution in [0.4, 0.5) is 11.5 Å². The van der Waals surface area contributed by atoms with Crippen molar-refractivity contribution in [2.45, 2.75) is 95.0 Å². The van der Waals surface area contributed by atoms with Crippen molar-refractivity contribution in [2.24, 2.45) is 0 Å². The van der Waals surface area contributed by atoms with Crippen LogP contribution in [0.15, 0.2) is 35.4 Å². The average Bonchev–Trinajstić information content (AvgIpc) is 2.73. The van der Waals surface area contributed by atoms with Crippen molar-refractivity contribution >= 4 is 21.5 Å². The molecular formula is C27H42N4O3S. The first-order valence-electron chi connectivity index (χ1n) is 12.4. The van der Waals surface area contributed by atoms with E-state index in [1.807, 2.05) is 78.7 Å². The van der Waals surface area contributed by atoms with Gasteiger partial charge in [-0.05, 0) is 41.4 Å². The minimum absolute atomic E-state index is 0.0492. The highest BCUT2D eigenvalue weighted by Gasteiger charge is 2.34. The second-order valence-electron chi connectivity index (χ2n) is 11.9. The van der Waals surface area contributed by atoms with Crippen LogP contribution in [0.25, 0.3) is 0 Å². The van der Waals surface area contributed by atoms with E-state index >= 15 is 0 Å². The monoisotopic (exact) mass is 502 g/mol. The zero-order chi connectivity index (χ0) is 26.2. The van der Waals surface area contributed by atoms with Gasteiger partial charge in [0.05, 0.1) is 0 Å². The highest BCUT2D eigenvalue weighted by atomic mass is 32.2. The number of nitrogens with zero attached hydrogens (tertiary/aromatic N) is 2. The Balaban J connectivity index is 1.95. The third kappa shape index (κ3) is 6.47. The van der Waals surface area contributed by atoms with Crippen LogP contribution < -0.4 is 14.9 Å². The number of sulfonamides is 1. The summed E-state index contributed by atoms with van der Waals surface area (Å²) in [6.45, 7) is 12.1. The average molecular weight is 503 g/mol. The Morgan fingerprint density at radius 1 is 0.971 bits per heavy atom. The van der Waals surface area contributed by atoms with Crippen molar-refractivity contribution in [3.8, 4) is 5.75 Å². The van der Waals surface area contributed by atoms with E-state index in [1.54, 1.807) is 12.3 Å². The number of phenols is 1. The molecule has 0 amide bonds. The number of hydrogen-bond donors (Lipinski definition) is 3. The van der Waals surface area contributed by atoms with Gasteiger partial charge in [0.1, 0.15) is 16.5 Å². The van der Waals surface area contributed by atoms with Gasteiger partial charge in [-0.3, -0.25) is 0 Å². The van der Waals surface area contributed by atoms with Crippen LogP contribution in [-0.2, 0) is 20.9 Å². The number of aromatic hydroxyl groups is 1. The molecule has 2 atom stereocenters. The second-order valence-corrected chi connectivity index (χ2v) is 13.6. The van der Waals surface area contributed by atoms with E-state index in [9.17, 15) is 13.5 Å². The molecule has 1 aromatic heterocycles. The van der Waals surface area contributed by atoms with E-state index in [0.717, 1.165) is 42.8 Å². The standard InChI is InChI=1S/C27H42N4O3S/c1-26(2,3)18-15-20(27(4,5)6)25(32)23(16-18)35(33,34)30-22-12-10-9-11-21(22)29-24-17-19(31(7)8)13-14-28-24/h13-17,21-22,30,32H,9-12H2,1-8H3,(H,28,29)/t21-,22-/m1/s1. The van der Waals surface area contributed by atoms with Gasteiger partial charge in [-0.25, -0.2) is 18.1 Å². The van der Waals surface area contributed by atoms with Crippen LogP contribution >= 0.6 is 0 Å². The molecule has 1 fully saturated rings. The Morgan fingerprint density at radius 2 is 1.60 bits per heavy atom. The van der Waals surface area contributed by atoms with Crippen molar-refractivity contribution in [3.63, 3.8) is 0 Å². The van der Waals surface area contributed by atoms with Crippen LogP contribution in [0, 0.1) is 0 Å². The maximum absolute atomic E-state index is 13.7. The van der Waals surface area contributed by atoms with Gasteiger partial charge in [0.15, 0.2) is 0 Å². The van der Waals surface area contributed by atoms with Gasteiger partial charge in [-0.2, -0.15) is 0 Å². The van der Waals surface area contributed by atoms with Crippen molar-refractivity contribution < 1.29 is 13.5 Å². The summed E-state index contributed by atoms with van der Waals surface area (Å²) in [6, 6.07) is 7.05. The summed E-state index contributed by atoms with van der Waals surface area (Å²) in [5.74, 6) is 0.554. The first-order chi connectivity index (χ1) is 16.1. The van der Waals surface area contributed by atoms with Crippen LogP contribution in [0.1, 0.15) is 78.4 Å². The molecule has 1 heterocycles.